The maximum atomic E-state index is 13.1. The Labute approximate surface area is 163 Å². The van der Waals surface area contributed by atoms with Crippen LogP contribution in [0.25, 0.3) is 28.2 Å². The van der Waals surface area contributed by atoms with E-state index in [1.807, 2.05) is 0 Å². The number of aromatic nitrogens is 1. The van der Waals surface area contributed by atoms with Crippen LogP contribution in [0.2, 0.25) is 0 Å². The zero-order chi connectivity index (χ0) is 20.8. The number of carbonyl (C=O) groups is 2. The van der Waals surface area contributed by atoms with Crippen molar-refractivity contribution in [3.8, 4) is 11.3 Å². The summed E-state index contributed by atoms with van der Waals surface area (Å²) in [6.45, 7) is 0. The van der Waals surface area contributed by atoms with Gasteiger partial charge in [0.1, 0.15) is 0 Å². The van der Waals surface area contributed by atoms with E-state index in [2.05, 4.69) is 15.0 Å². The van der Waals surface area contributed by atoms with Crippen molar-refractivity contribution in [3.63, 3.8) is 0 Å². The number of ether oxygens (including phenoxy) is 1. The lowest BCUT2D eigenvalue weighted by Gasteiger charge is -2.08. The van der Waals surface area contributed by atoms with Gasteiger partial charge in [0.25, 0.3) is 0 Å². The molecule has 3 aromatic rings. The highest BCUT2D eigenvalue weighted by molar-refractivity contribution is 6.05. The Balaban J connectivity index is 1.90. The van der Waals surface area contributed by atoms with Crippen molar-refractivity contribution >= 4 is 34.5 Å². The number of methoxy groups -OCH3 is 1. The second-order valence-corrected chi connectivity index (χ2v) is 6.62. The van der Waals surface area contributed by atoms with Gasteiger partial charge >= 0.3 is 12.1 Å². The first-order valence-corrected chi connectivity index (χ1v) is 8.68. The van der Waals surface area contributed by atoms with Crippen molar-refractivity contribution in [1.82, 2.24) is 4.98 Å². The lowest BCUT2D eigenvalue weighted by Crippen LogP contribution is -2.12. The average molecular weight is 400 g/mol. The first kappa shape index (κ1) is 18.8. The number of H-pyrrole nitrogens is 1. The van der Waals surface area contributed by atoms with E-state index in [9.17, 15) is 22.8 Å². The number of aromatic amines is 1. The molecule has 29 heavy (non-hydrogen) atoms. The quantitative estimate of drug-likeness (QED) is 0.490. The number of anilines is 1. The van der Waals surface area contributed by atoms with E-state index in [0.29, 0.717) is 39.0 Å². The third-order valence-corrected chi connectivity index (χ3v) is 4.77. The van der Waals surface area contributed by atoms with Crippen LogP contribution in [0.4, 0.5) is 18.9 Å². The van der Waals surface area contributed by atoms with E-state index in [1.54, 1.807) is 24.3 Å². The Morgan fingerprint density at radius 2 is 1.97 bits per heavy atom. The number of nitrogens with one attached hydrogen (secondary N) is 2. The molecule has 0 saturated carbocycles. The molecule has 0 atom stereocenters. The highest BCUT2D eigenvalue weighted by Crippen LogP contribution is 2.40. The number of carbonyl (C=O) groups excluding carboxylic acids is 2. The van der Waals surface area contributed by atoms with Crippen molar-refractivity contribution in [1.29, 1.82) is 0 Å². The Kier molecular flexibility index (Phi) is 4.41. The Bertz CT molecular complexity index is 1180. The number of hydrogen-bond acceptors (Lipinski definition) is 3. The summed E-state index contributed by atoms with van der Waals surface area (Å²) >= 11 is 0. The van der Waals surface area contributed by atoms with Crippen molar-refractivity contribution < 1.29 is 27.5 Å². The molecule has 0 unspecified atom stereocenters. The van der Waals surface area contributed by atoms with Gasteiger partial charge in [-0.1, -0.05) is 6.07 Å². The summed E-state index contributed by atoms with van der Waals surface area (Å²) < 4.78 is 44.0. The molecule has 2 heterocycles. The molecule has 1 aromatic heterocycles. The molecular weight excluding hydrogens is 385 g/mol. The van der Waals surface area contributed by atoms with Crippen LogP contribution in [0.3, 0.4) is 0 Å². The standard InChI is InChI=1S/C21H15F3N2O3/c1-29-19(28)7-3-11-2-5-17-15(8-11)20-14(10-18(27)25-17)13-9-12(21(22,23)24)4-6-16(13)26-20/h2-9,26H,10H2,1H3,(H,25,27)/b7-3-. The van der Waals surface area contributed by atoms with Crippen LogP contribution in [-0.2, 0) is 26.9 Å². The molecule has 2 N–H and O–H groups in total. The molecule has 1 amide bonds. The summed E-state index contributed by atoms with van der Waals surface area (Å²) in [5.74, 6) is -0.833. The van der Waals surface area contributed by atoms with Gasteiger partial charge in [-0.2, -0.15) is 13.2 Å². The first-order valence-electron chi connectivity index (χ1n) is 8.68. The van der Waals surface area contributed by atoms with Crippen LogP contribution in [-0.4, -0.2) is 24.0 Å². The highest BCUT2D eigenvalue weighted by Gasteiger charge is 2.32. The third-order valence-electron chi connectivity index (χ3n) is 4.77. The molecule has 0 bridgehead atoms. The summed E-state index contributed by atoms with van der Waals surface area (Å²) in [4.78, 5) is 26.8. The number of benzene rings is 2. The number of hydrogen-bond donors (Lipinski definition) is 2. The van der Waals surface area contributed by atoms with Crippen molar-refractivity contribution in [2.75, 3.05) is 12.4 Å². The molecule has 0 fully saturated rings. The largest absolute Gasteiger partial charge is 0.466 e. The fourth-order valence-electron chi connectivity index (χ4n) is 3.41. The molecule has 4 rings (SSSR count). The molecule has 0 spiro atoms. The SMILES string of the molecule is COC(=O)/C=C\c1ccc2c(c1)-c1[nH]c3ccc(C(F)(F)F)cc3c1CC(=O)N2. The number of fused-ring (bicyclic) bond motifs is 5. The summed E-state index contributed by atoms with van der Waals surface area (Å²) in [5.41, 5.74) is 2.64. The molecule has 5 nitrogen and oxygen atoms in total. The van der Waals surface area contributed by atoms with E-state index >= 15 is 0 Å². The second-order valence-electron chi connectivity index (χ2n) is 6.62. The molecule has 1 aliphatic heterocycles. The molecular formula is C21H15F3N2O3. The number of esters is 1. The topological polar surface area (TPSA) is 71.2 Å². The summed E-state index contributed by atoms with van der Waals surface area (Å²) in [6.07, 6.45) is -1.71. The summed E-state index contributed by atoms with van der Waals surface area (Å²) in [7, 11) is 1.27. The normalized spacial score (nSPS) is 13.7. The molecule has 0 radical (unpaired) electrons. The van der Waals surface area contributed by atoms with Crippen molar-refractivity contribution in [2.24, 2.45) is 0 Å². The fourth-order valence-corrected chi connectivity index (χ4v) is 3.41. The third kappa shape index (κ3) is 3.49. The number of alkyl halides is 3. The molecule has 8 heteroatoms. The van der Waals surface area contributed by atoms with E-state index in [4.69, 9.17) is 0 Å². The fraction of sp³-hybridized carbons (Fsp3) is 0.143. The Morgan fingerprint density at radius 3 is 2.69 bits per heavy atom. The van der Waals surface area contributed by atoms with Crippen molar-refractivity contribution in [3.05, 3.63) is 59.2 Å². The maximum Gasteiger partial charge on any atom is 0.416 e. The number of amides is 1. The van der Waals surface area contributed by atoms with Crippen LogP contribution in [0, 0.1) is 0 Å². The van der Waals surface area contributed by atoms with E-state index in [0.717, 1.165) is 12.1 Å². The second kappa shape index (κ2) is 6.80. The van der Waals surface area contributed by atoms with Gasteiger partial charge in [0.15, 0.2) is 0 Å². The van der Waals surface area contributed by atoms with Gasteiger partial charge in [0.05, 0.1) is 30.5 Å². The van der Waals surface area contributed by atoms with Gasteiger partial charge < -0.3 is 15.0 Å². The maximum absolute atomic E-state index is 13.1. The van der Waals surface area contributed by atoms with Gasteiger partial charge in [0.2, 0.25) is 5.91 Å². The van der Waals surface area contributed by atoms with E-state index in [1.165, 1.54) is 19.3 Å². The molecule has 2 aromatic carbocycles. The highest BCUT2D eigenvalue weighted by atomic mass is 19.4. The first-order chi connectivity index (χ1) is 13.8. The van der Waals surface area contributed by atoms with Gasteiger partial charge in [-0.15, -0.1) is 0 Å². The molecule has 0 saturated heterocycles. The van der Waals surface area contributed by atoms with Gasteiger partial charge in [-0.3, -0.25) is 4.79 Å². The Morgan fingerprint density at radius 1 is 1.17 bits per heavy atom. The molecule has 1 aliphatic rings. The zero-order valence-corrected chi connectivity index (χ0v) is 15.2. The lowest BCUT2D eigenvalue weighted by molar-refractivity contribution is -0.137. The summed E-state index contributed by atoms with van der Waals surface area (Å²) in [6, 6.07) is 8.59. The average Bonchev–Trinajstić information content (AvgIpc) is 2.96. The zero-order valence-electron chi connectivity index (χ0n) is 15.2. The minimum absolute atomic E-state index is 0.0569. The van der Waals surface area contributed by atoms with E-state index in [-0.39, 0.29) is 12.3 Å². The van der Waals surface area contributed by atoms with Crippen LogP contribution in [0.15, 0.2) is 42.5 Å². The van der Waals surface area contributed by atoms with Gasteiger partial charge in [-0.05, 0) is 47.5 Å². The predicted octanol–water partition coefficient (Wildman–Crippen LogP) is 4.53. The monoisotopic (exact) mass is 400 g/mol. The smallest absolute Gasteiger partial charge is 0.416 e. The van der Waals surface area contributed by atoms with Crippen LogP contribution in [0.1, 0.15) is 16.7 Å². The predicted molar refractivity (Wildman–Crippen MR) is 102 cm³/mol. The molecule has 0 aliphatic carbocycles. The lowest BCUT2D eigenvalue weighted by atomic mass is 10.00. The number of rotatable bonds is 2. The van der Waals surface area contributed by atoms with Crippen molar-refractivity contribution in [2.45, 2.75) is 12.6 Å². The van der Waals surface area contributed by atoms with Crippen LogP contribution >= 0.6 is 0 Å². The minimum atomic E-state index is -4.48. The van der Waals surface area contributed by atoms with E-state index < -0.39 is 17.7 Å². The molecule has 148 valence electrons. The van der Waals surface area contributed by atoms with Crippen LogP contribution in [0.5, 0.6) is 0 Å². The summed E-state index contributed by atoms with van der Waals surface area (Å²) in [5, 5.41) is 3.13. The minimum Gasteiger partial charge on any atom is -0.466 e. The number of halogens is 3. The Hall–Kier alpha value is -3.55. The van der Waals surface area contributed by atoms with Gasteiger partial charge in [0, 0.05) is 22.5 Å². The van der Waals surface area contributed by atoms with Gasteiger partial charge in [-0.25, -0.2) is 4.79 Å². The van der Waals surface area contributed by atoms with Crippen LogP contribution < -0.4 is 5.32 Å².